The van der Waals surface area contributed by atoms with E-state index in [2.05, 4.69) is 15.9 Å². The third-order valence-electron chi connectivity index (χ3n) is 1.95. The van der Waals surface area contributed by atoms with E-state index in [1.807, 2.05) is 0 Å². The standard InChI is InChI=1S/C9H9BrFNO2/c1-6(5-11)8-4-7(10)2-3-9(8)12(13)14/h2-4,6H,5H2,1H3. The minimum Gasteiger partial charge on any atom is -0.258 e. The molecule has 1 aromatic rings. The van der Waals surface area contributed by atoms with Crippen LogP contribution in [0.1, 0.15) is 18.4 Å². The normalized spacial score (nSPS) is 12.5. The van der Waals surface area contributed by atoms with E-state index >= 15 is 0 Å². The van der Waals surface area contributed by atoms with Crippen LogP contribution in [0.2, 0.25) is 0 Å². The molecule has 0 amide bonds. The number of alkyl halides is 1. The van der Waals surface area contributed by atoms with Gasteiger partial charge in [0.15, 0.2) is 0 Å². The number of rotatable bonds is 3. The number of nitro benzene ring substituents is 1. The highest BCUT2D eigenvalue weighted by molar-refractivity contribution is 9.10. The van der Waals surface area contributed by atoms with Crippen LogP contribution in [0.3, 0.4) is 0 Å². The molecule has 0 saturated carbocycles. The SMILES string of the molecule is CC(CF)c1cc(Br)ccc1[N+](=O)[O-]. The van der Waals surface area contributed by atoms with Crippen molar-refractivity contribution in [3.63, 3.8) is 0 Å². The molecule has 76 valence electrons. The fourth-order valence-corrected chi connectivity index (χ4v) is 1.55. The Balaban J connectivity index is 3.22. The second-order valence-electron chi connectivity index (χ2n) is 3.02. The number of hydrogen-bond donors (Lipinski definition) is 0. The van der Waals surface area contributed by atoms with Crippen LogP contribution in [0.25, 0.3) is 0 Å². The first kappa shape index (κ1) is 11.1. The Labute approximate surface area is 89.2 Å². The Morgan fingerprint density at radius 3 is 2.79 bits per heavy atom. The van der Waals surface area contributed by atoms with Crippen LogP contribution in [0.5, 0.6) is 0 Å². The van der Waals surface area contributed by atoms with Crippen LogP contribution >= 0.6 is 15.9 Å². The summed E-state index contributed by atoms with van der Waals surface area (Å²) in [6.07, 6.45) is 0. The molecule has 0 fully saturated rings. The Hall–Kier alpha value is -0.970. The van der Waals surface area contributed by atoms with Gasteiger partial charge in [-0.05, 0) is 12.1 Å². The van der Waals surface area contributed by atoms with Crippen molar-refractivity contribution >= 4 is 21.6 Å². The first-order valence-corrected chi connectivity index (χ1v) is 4.85. The Morgan fingerprint density at radius 2 is 2.29 bits per heavy atom. The zero-order chi connectivity index (χ0) is 10.7. The van der Waals surface area contributed by atoms with Crippen molar-refractivity contribution in [2.75, 3.05) is 6.67 Å². The molecule has 1 aromatic carbocycles. The molecule has 0 bridgehead atoms. The maximum absolute atomic E-state index is 12.4. The Bertz CT molecular complexity index is 357. The van der Waals surface area contributed by atoms with E-state index in [-0.39, 0.29) is 5.69 Å². The van der Waals surface area contributed by atoms with E-state index in [0.717, 1.165) is 4.47 Å². The highest BCUT2D eigenvalue weighted by atomic mass is 79.9. The molecule has 0 spiro atoms. The lowest BCUT2D eigenvalue weighted by Gasteiger charge is -2.07. The summed E-state index contributed by atoms with van der Waals surface area (Å²) in [5.74, 6) is -0.451. The fourth-order valence-electron chi connectivity index (χ4n) is 1.17. The molecule has 14 heavy (non-hydrogen) atoms. The number of halogens is 2. The van der Waals surface area contributed by atoms with E-state index in [9.17, 15) is 14.5 Å². The largest absolute Gasteiger partial charge is 0.273 e. The van der Waals surface area contributed by atoms with Crippen molar-refractivity contribution in [3.05, 3.63) is 38.3 Å². The zero-order valence-electron chi connectivity index (χ0n) is 7.54. The molecule has 0 radical (unpaired) electrons. The van der Waals surface area contributed by atoms with Crippen LogP contribution in [-0.2, 0) is 0 Å². The summed E-state index contributed by atoms with van der Waals surface area (Å²) in [6.45, 7) is 1.02. The van der Waals surface area contributed by atoms with Crippen molar-refractivity contribution < 1.29 is 9.31 Å². The van der Waals surface area contributed by atoms with Gasteiger partial charge in [-0.2, -0.15) is 0 Å². The second kappa shape index (κ2) is 4.50. The minimum atomic E-state index is -0.600. The summed E-state index contributed by atoms with van der Waals surface area (Å²) < 4.78 is 13.1. The Morgan fingerprint density at radius 1 is 1.64 bits per heavy atom. The highest BCUT2D eigenvalue weighted by Crippen LogP contribution is 2.29. The molecule has 0 saturated heterocycles. The smallest absolute Gasteiger partial charge is 0.258 e. The molecule has 0 aliphatic heterocycles. The first-order chi connectivity index (χ1) is 6.56. The van der Waals surface area contributed by atoms with Gasteiger partial charge in [0.05, 0.1) is 11.6 Å². The zero-order valence-corrected chi connectivity index (χ0v) is 9.12. The van der Waals surface area contributed by atoms with Gasteiger partial charge in [-0.25, -0.2) is 0 Å². The van der Waals surface area contributed by atoms with Crippen molar-refractivity contribution in [1.29, 1.82) is 0 Å². The van der Waals surface area contributed by atoms with E-state index in [1.165, 1.54) is 6.07 Å². The molecule has 3 nitrogen and oxygen atoms in total. The topological polar surface area (TPSA) is 43.1 Å². The highest BCUT2D eigenvalue weighted by Gasteiger charge is 2.18. The fraction of sp³-hybridized carbons (Fsp3) is 0.333. The van der Waals surface area contributed by atoms with Crippen molar-refractivity contribution in [1.82, 2.24) is 0 Å². The molecule has 0 N–H and O–H groups in total. The van der Waals surface area contributed by atoms with Gasteiger partial charge < -0.3 is 0 Å². The monoisotopic (exact) mass is 261 g/mol. The summed E-state index contributed by atoms with van der Waals surface area (Å²) in [7, 11) is 0. The van der Waals surface area contributed by atoms with Gasteiger partial charge in [-0.1, -0.05) is 22.9 Å². The number of nitrogens with zero attached hydrogens (tertiary/aromatic N) is 1. The lowest BCUT2D eigenvalue weighted by molar-refractivity contribution is -0.385. The molecular formula is C9H9BrFNO2. The van der Waals surface area contributed by atoms with Gasteiger partial charge in [0.2, 0.25) is 0 Å². The summed E-state index contributed by atoms with van der Waals surface area (Å²) in [6, 6.07) is 4.54. The quantitative estimate of drug-likeness (QED) is 0.618. The summed E-state index contributed by atoms with van der Waals surface area (Å²) in [5.41, 5.74) is 0.394. The van der Waals surface area contributed by atoms with Gasteiger partial charge in [0, 0.05) is 22.0 Å². The van der Waals surface area contributed by atoms with Crippen LogP contribution in [0.4, 0.5) is 10.1 Å². The molecule has 1 rings (SSSR count). The first-order valence-electron chi connectivity index (χ1n) is 4.06. The summed E-state index contributed by atoms with van der Waals surface area (Å²) >= 11 is 3.20. The van der Waals surface area contributed by atoms with Crippen molar-refractivity contribution in [2.24, 2.45) is 0 Å². The molecule has 1 atom stereocenters. The van der Waals surface area contributed by atoms with Crippen molar-refractivity contribution in [2.45, 2.75) is 12.8 Å². The molecule has 0 aliphatic rings. The van der Waals surface area contributed by atoms with E-state index in [0.29, 0.717) is 5.56 Å². The third kappa shape index (κ3) is 2.29. The lowest BCUT2D eigenvalue weighted by atomic mass is 10.0. The Kier molecular flexibility index (Phi) is 3.57. The average Bonchev–Trinajstić information content (AvgIpc) is 2.16. The maximum atomic E-state index is 12.4. The van der Waals surface area contributed by atoms with Crippen LogP contribution in [-0.4, -0.2) is 11.6 Å². The van der Waals surface area contributed by atoms with Gasteiger partial charge in [0.1, 0.15) is 0 Å². The molecule has 0 heterocycles. The maximum Gasteiger partial charge on any atom is 0.273 e. The van der Waals surface area contributed by atoms with Gasteiger partial charge in [-0.15, -0.1) is 0 Å². The lowest BCUT2D eigenvalue weighted by Crippen LogP contribution is -2.01. The predicted octanol–water partition coefficient (Wildman–Crippen LogP) is 3.43. The third-order valence-corrected chi connectivity index (χ3v) is 2.44. The van der Waals surface area contributed by atoms with Crippen LogP contribution < -0.4 is 0 Å². The van der Waals surface area contributed by atoms with E-state index in [4.69, 9.17) is 0 Å². The molecular weight excluding hydrogens is 253 g/mol. The molecule has 5 heteroatoms. The minimum absolute atomic E-state index is 0.0293. The number of benzene rings is 1. The van der Waals surface area contributed by atoms with Gasteiger partial charge >= 0.3 is 0 Å². The van der Waals surface area contributed by atoms with Crippen LogP contribution in [0, 0.1) is 10.1 Å². The average molecular weight is 262 g/mol. The second-order valence-corrected chi connectivity index (χ2v) is 3.93. The number of hydrogen-bond acceptors (Lipinski definition) is 2. The van der Waals surface area contributed by atoms with E-state index < -0.39 is 17.5 Å². The van der Waals surface area contributed by atoms with Gasteiger partial charge in [0.25, 0.3) is 5.69 Å². The van der Waals surface area contributed by atoms with Crippen molar-refractivity contribution in [3.8, 4) is 0 Å². The molecule has 0 aliphatic carbocycles. The van der Waals surface area contributed by atoms with E-state index in [1.54, 1.807) is 19.1 Å². The number of nitro groups is 1. The molecule has 1 unspecified atom stereocenters. The van der Waals surface area contributed by atoms with Crippen LogP contribution in [0.15, 0.2) is 22.7 Å². The van der Waals surface area contributed by atoms with Gasteiger partial charge in [-0.3, -0.25) is 14.5 Å². The summed E-state index contributed by atoms with van der Waals surface area (Å²) in [4.78, 5) is 10.1. The summed E-state index contributed by atoms with van der Waals surface area (Å²) in [5, 5.41) is 10.6. The predicted molar refractivity (Wildman–Crippen MR) is 55.2 cm³/mol. The molecule has 0 aromatic heterocycles.